The third-order valence-corrected chi connectivity index (χ3v) is 5.18. The van der Waals surface area contributed by atoms with E-state index in [2.05, 4.69) is 43.7 Å². The minimum atomic E-state index is -0.230. The molecule has 0 N–H and O–H groups in total. The molecule has 1 heterocycles. The molecule has 2 aromatic carbocycles. The molecule has 3 aromatic rings. The number of allylic oxidation sites excluding steroid dienone is 1. The van der Waals surface area contributed by atoms with Crippen LogP contribution in [-0.4, -0.2) is 9.78 Å². The van der Waals surface area contributed by atoms with Crippen LogP contribution in [-0.2, 0) is 6.54 Å². The molecule has 3 nitrogen and oxygen atoms in total. The van der Waals surface area contributed by atoms with Gasteiger partial charge in [0.2, 0.25) is 0 Å². The monoisotopic (exact) mass is 355 g/mol. The largest absolute Gasteiger partial charge is 0.270 e. The Morgan fingerprint density at radius 1 is 1.07 bits per heavy atom. The van der Waals surface area contributed by atoms with Crippen LogP contribution in [0.3, 0.4) is 0 Å². The fourth-order valence-corrected chi connectivity index (χ4v) is 3.67. The van der Waals surface area contributed by atoms with E-state index >= 15 is 0 Å². The number of aryl methyl sites for hydroxylation is 1. The van der Waals surface area contributed by atoms with E-state index in [-0.39, 0.29) is 11.8 Å². The Bertz CT molecular complexity index is 933. The van der Waals surface area contributed by atoms with E-state index in [9.17, 15) is 5.26 Å². The first-order valence-corrected chi connectivity index (χ1v) is 9.35. The lowest BCUT2D eigenvalue weighted by Crippen LogP contribution is -2.11. The van der Waals surface area contributed by atoms with Crippen molar-refractivity contribution in [1.29, 1.82) is 5.26 Å². The highest BCUT2D eigenvalue weighted by Gasteiger charge is 2.26. The molecule has 136 valence electrons. The molecule has 0 aliphatic rings. The molecule has 0 saturated heterocycles. The van der Waals surface area contributed by atoms with Gasteiger partial charge in [-0.1, -0.05) is 67.2 Å². The smallest absolute Gasteiger partial charge is 0.0784 e. The van der Waals surface area contributed by atoms with Crippen LogP contribution in [0.5, 0.6) is 0 Å². The molecule has 0 fully saturated rings. The fraction of sp³-hybridized carbons (Fsp3) is 0.250. The fourth-order valence-electron chi connectivity index (χ4n) is 3.67. The predicted octanol–water partition coefficient (Wildman–Crippen LogP) is 5.71. The maximum absolute atomic E-state index is 10.00. The van der Waals surface area contributed by atoms with Gasteiger partial charge in [-0.05, 0) is 37.0 Å². The van der Waals surface area contributed by atoms with Gasteiger partial charge in [-0.3, -0.25) is 4.68 Å². The zero-order valence-corrected chi connectivity index (χ0v) is 16.0. The number of rotatable bonds is 7. The second kappa shape index (κ2) is 8.51. The standard InChI is InChI=1S/C24H25N3/c1-4-27-19(3)24(17-26-27)18(2)15-22(20-11-7-5-8-12-20)23(16-25)21-13-9-6-10-14-21/h5-14,17,22-23H,2,4,15H2,1,3H3. The summed E-state index contributed by atoms with van der Waals surface area (Å²) in [6.07, 6.45) is 2.61. The predicted molar refractivity (Wildman–Crippen MR) is 110 cm³/mol. The molecule has 2 atom stereocenters. The zero-order valence-electron chi connectivity index (χ0n) is 16.0. The molecule has 2 unspecified atom stereocenters. The van der Waals surface area contributed by atoms with E-state index < -0.39 is 0 Å². The Hall–Kier alpha value is -3.12. The summed E-state index contributed by atoms with van der Waals surface area (Å²) in [4.78, 5) is 0. The lowest BCUT2D eigenvalue weighted by molar-refractivity contribution is 0.636. The van der Waals surface area contributed by atoms with Crippen LogP contribution in [0, 0.1) is 18.3 Å². The average molecular weight is 355 g/mol. The van der Waals surface area contributed by atoms with Crippen molar-refractivity contribution in [2.24, 2.45) is 0 Å². The second-order valence-electron chi connectivity index (χ2n) is 6.80. The van der Waals surface area contributed by atoms with Gasteiger partial charge in [-0.2, -0.15) is 10.4 Å². The molecule has 3 heteroatoms. The van der Waals surface area contributed by atoms with Crippen LogP contribution in [0.1, 0.15) is 47.6 Å². The van der Waals surface area contributed by atoms with Crippen LogP contribution in [0.25, 0.3) is 5.57 Å². The third kappa shape index (κ3) is 4.01. The van der Waals surface area contributed by atoms with E-state index in [0.717, 1.165) is 34.5 Å². The molecule has 3 rings (SSSR count). The van der Waals surface area contributed by atoms with Crippen molar-refractivity contribution in [3.05, 3.63) is 95.8 Å². The van der Waals surface area contributed by atoms with Gasteiger partial charge in [0.15, 0.2) is 0 Å². The molecule has 0 aliphatic carbocycles. The Morgan fingerprint density at radius 2 is 1.67 bits per heavy atom. The van der Waals surface area contributed by atoms with Crippen molar-refractivity contribution in [3.63, 3.8) is 0 Å². The number of hydrogen-bond acceptors (Lipinski definition) is 2. The van der Waals surface area contributed by atoms with Gasteiger partial charge < -0.3 is 0 Å². The molecule has 27 heavy (non-hydrogen) atoms. The van der Waals surface area contributed by atoms with Crippen molar-refractivity contribution in [2.45, 2.75) is 38.6 Å². The van der Waals surface area contributed by atoms with Crippen LogP contribution < -0.4 is 0 Å². The SMILES string of the molecule is C=C(CC(c1ccccc1)C(C#N)c1ccccc1)c1cnn(CC)c1C. The number of hydrogen-bond donors (Lipinski definition) is 0. The molecule has 0 saturated carbocycles. The molecular weight excluding hydrogens is 330 g/mol. The van der Waals surface area contributed by atoms with Gasteiger partial charge in [0, 0.05) is 23.7 Å². The molecule has 0 radical (unpaired) electrons. The van der Waals surface area contributed by atoms with Crippen LogP contribution >= 0.6 is 0 Å². The summed E-state index contributed by atoms with van der Waals surface area (Å²) in [5, 5.41) is 14.4. The molecule has 0 bridgehead atoms. The first-order valence-electron chi connectivity index (χ1n) is 9.35. The highest BCUT2D eigenvalue weighted by molar-refractivity contribution is 5.66. The molecule has 1 aromatic heterocycles. The lowest BCUT2D eigenvalue weighted by Gasteiger charge is -2.24. The van der Waals surface area contributed by atoms with Crippen molar-refractivity contribution < 1.29 is 0 Å². The number of benzene rings is 2. The van der Waals surface area contributed by atoms with Gasteiger partial charge in [0.1, 0.15) is 0 Å². The van der Waals surface area contributed by atoms with Crippen molar-refractivity contribution in [2.75, 3.05) is 0 Å². The van der Waals surface area contributed by atoms with Gasteiger partial charge in [-0.25, -0.2) is 0 Å². The van der Waals surface area contributed by atoms with Crippen LogP contribution in [0.4, 0.5) is 0 Å². The topological polar surface area (TPSA) is 41.6 Å². The van der Waals surface area contributed by atoms with E-state index in [1.165, 1.54) is 0 Å². The zero-order chi connectivity index (χ0) is 19.2. The first-order chi connectivity index (χ1) is 13.2. The van der Waals surface area contributed by atoms with Gasteiger partial charge >= 0.3 is 0 Å². The summed E-state index contributed by atoms with van der Waals surface area (Å²) in [6.45, 7) is 9.35. The highest BCUT2D eigenvalue weighted by atomic mass is 15.3. The maximum Gasteiger partial charge on any atom is 0.0784 e. The molecule has 0 amide bonds. The van der Waals surface area contributed by atoms with E-state index in [1.807, 2.05) is 59.4 Å². The summed E-state index contributed by atoms with van der Waals surface area (Å²) in [5.74, 6) is -0.192. The van der Waals surface area contributed by atoms with E-state index in [1.54, 1.807) is 0 Å². The Labute approximate surface area is 161 Å². The molecule has 0 aliphatic heterocycles. The molecular formula is C24H25N3. The summed E-state index contributed by atoms with van der Waals surface area (Å²) in [5.41, 5.74) is 5.44. The van der Waals surface area contributed by atoms with Crippen molar-refractivity contribution >= 4 is 5.57 Å². The van der Waals surface area contributed by atoms with Crippen LogP contribution in [0.15, 0.2) is 73.4 Å². The summed E-state index contributed by atoms with van der Waals surface area (Å²) >= 11 is 0. The minimum absolute atomic E-state index is 0.0375. The average Bonchev–Trinajstić information content (AvgIpc) is 3.09. The molecule has 0 spiro atoms. The lowest BCUT2D eigenvalue weighted by atomic mass is 9.78. The van der Waals surface area contributed by atoms with E-state index in [4.69, 9.17) is 0 Å². The van der Waals surface area contributed by atoms with Gasteiger partial charge in [0.05, 0.1) is 18.2 Å². The number of nitriles is 1. The van der Waals surface area contributed by atoms with Crippen molar-refractivity contribution in [3.8, 4) is 6.07 Å². The number of aromatic nitrogens is 2. The van der Waals surface area contributed by atoms with E-state index in [0.29, 0.717) is 6.42 Å². The van der Waals surface area contributed by atoms with Gasteiger partial charge in [-0.15, -0.1) is 0 Å². The Kier molecular flexibility index (Phi) is 5.88. The maximum atomic E-state index is 10.00. The Morgan fingerprint density at radius 3 is 2.19 bits per heavy atom. The highest BCUT2D eigenvalue weighted by Crippen LogP contribution is 2.39. The van der Waals surface area contributed by atoms with Gasteiger partial charge in [0.25, 0.3) is 0 Å². The summed E-state index contributed by atoms with van der Waals surface area (Å²) in [6, 6.07) is 22.9. The summed E-state index contributed by atoms with van der Waals surface area (Å²) in [7, 11) is 0. The van der Waals surface area contributed by atoms with Crippen molar-refractivity contribution in [1.82, 2.24) is 9.78 Å². The quantitative estimate of drug-likeness (QED) is 0.545. The second-order valence-corrected chi connectivity index (χ2v) is 6.80. The normalized spacial score (nSPS) is 12.9. The first kappa shape index (κ1) is 18.7. The third-order valence-electron chi connectivity index (χ3n) is 5.18. The summed E-state index contributed by atoms with van der Waals surface area (Å²) < 4.78 is 1.98. The Balaban J connectivity index is 1.97. The minimum Gasteiger partial charge on any atom is -0.270 e. The number of nitrogens with zero attached hydrogens (tertiary/aromatic N) is 3. The van der Waals surface area contributed by atoms with Crippen LogP contribution in [0.2, 0.25) is 0 Å².